The second kappa shape index (κ2) is 7.77. The van der Waals surface area contributed by atoms with Crippen molar-refractivity contribution < 1.29 is 13.9 Å². The van der Waals surface area contributed by atoms with Gasteiger partial charge in [0.2, 0.25) is 0 Å². The van der Waals surface area contributed by atoms with E-state index in [1.54, 1.807) is 30.0 Å². The van der Waals surface area contributed by atoms with E-state index in [0.29, 0.717) is 42.5 Å². The topological polar surface area (TPSA) is 119 Å². The number of halogens is 1. The van der Waals surface area contributed by atoms with Crippen molar-refractivity contribution in [3.8, 4) is 17.1 Å². The first-order valence-corrected chi connectivity index (χ1v) is 10.4. The largest absolute Gasteiger partial charge is 0.495 e. The Morgan fingerprint density at radius 2 is 2.19 bits per heavy atom. The number of ether oxygens (including phenoxy) is 1. The number of rotatable bonds is 6. The predicted molar refractivity (Wildman–Crippen MR) is 113 cm³/mol. The van der Waals surface area contributed by atoms with E-state index in [-0.39, 0.29) is 11.4 Å². The van der Waals surface area contributed by atoms with Gasteiger partial charge in [-0.1, -0.05) is 0 Å². The van der Waals surface area contributed by atoms with Crippen LogP contribution in [0.5, 0.6) is 5.75 Å². The number of carbonyl (C=O) groups is 1. The third-order valence-corrected chi connectivity index (χ3v) is 5.81. The predicted octanol–water partition coefficient (Wildman–Crippen LogP) is 1.89. The number of piperidine rings is 1. The number of carbonyl (C=O) groups excluding carboxylic acids is 1. The van der Waals surface area contributed by atoms with Crippen LogP contribution in [0.2, 0.25) is 0 Å². The van der Waals surface area contributed by atoms with Crippen LogP contribution in [0, 0.1) is 0 Å². The first-order chi connectivity index (χ1) is 15.0. The van der Waals surface area contributed by atoms with Gasteiger partial charge in [-0.25, -0.2) is 18.9 Å². The summed E-state index contributed by atoms with van der Waals surface area (Å²) in [4.78, 5) is 21.0. The number of amides is 1. The lowest BCUT2D eigenvalue weighted by molar-refractivity contribution is 0.100. The number of fused-ring (bicyclic) bond motifs is 1. The number of imidazole rings is 1. The smallest absolute Gasteiger partial charge is 0.252 e. The van der Waals surface area contributed by atoms with Crippen molar-refractivity contribution >= 4 is 17.4 Å². The standard InChI is InChI=1S/C21H24FN7O2/c1-31-17-8-18-25-10-16(29(18)28-19(17)11-2-3-11)14-5-4-12(20(23)30)21(26-14)27-15-9-24-7-6-13(15)22/h4-5,8,10-11,13,15,24H,2-3,6-7,9H2,1H3,(H2,23,30)(H,26,27)/t13-,15-/m0/s1. The van der Waals surface area contributed by atoms with E-state index in [1.807, 2.05) is 6.07 Å². The molecule has 3 aromatic rings. The normalized spacial score (nSPS) is 21.2. The zero-order valence-electron chi connectivity index (χ0n) is 17.1. The van der Waals surface area contributed by atoms with E-state index in [1.165, 1.54) is 0 Å². The third-order valence-electron chi connectivity index (χ3n) is 5.81. The molecule has 5 rings (SSSR count). The first-order valence-electron chi connectivity index (χ1n) is 10.4. The molecule has 1 aliphatic heterocycles. The average Bonchev–Trinajstić information content (AvgIpc) is 3.53. The van der Waals surface area contributed by atoms with Crippen LogP contribution in [0.3, 0.4) is 0 Å². The molecule has 4 N–H and O–H groups in total. The van der Waals surface area contributed by atoms with Crippen LogP contribution in [0.4, 0.5) is 10.2 Å². The molecule has 10 heteroatoms. The third kappa shape index (κ3) is 3.67. The van der Waals surface area contributed by atoms with Crippen LogP contribution < -0.4 is 21.1 Å². The number of pyridine rings is 1. The molecule has 9 nitrogen and oxygen atoms in total. The molecule has 1 amide bonds. The highest BCUT2D eigenvalue weighted by atomic mass is 19.1. The van der Waals surface area contributed by atoms with Gasteiger partial charge in [-0.05, 0) is 37.9 Å². The van der Waals surface area contributed by atoms with Crippen molar-refractivity contribution in [1.29, 1.82) is 0 Å². The lowest BCUT2D eigenvalue weighted by Gasteiger charge is -2.28. The van der Waals surface area contributed by atoms with Crippen molar-refractivity contribution in [2.45, 2.75) is 37.4 Å². The summed E-state index contributed by atoms with van der Waals surface area (Å²) in [6, 6.07) is 4.66. The second-order valence-corrected chi connectivity index (χ2v) is 8.00. The van der Waals surface area contributed by atoms with Gasteiger partial charge in [0, 0.05) is 18.5 Å². The number of methoxy groups -OCH3 is 1. The number of primary amides is 1. The highest BCUT2D eigenvalue weighted by molar-refractivity contribution is 5.98. The molecule has 2 aliphatic rings. The Bertz CT molecular complexity index is 1140. The fraction of sp³-hybridized carbons (Fsp3) is 0.429. The number of nitrogens with one attached hydrogen (secondary N) is 2. The Morgan fingerprint density at radius 1 is 1.35 bits per heavy atom. The molecule has 4 heterocycles. The maximum Gasteiger partial charge on any atom is 0.252 e. The zero-order valence-corrected chi connectivity index (χ0v) is 17.1. The molecule has 1 aliphatic carbocycles. The maximum atomic E-state index is 14.4. The molecule has 2 atom stereocenters. The summed E-state index contributed by atoms with van der Waals surface area (Å²) in [5.41, 5.74) is 8.49. The van der Waals surface area contributed by atoms with Crippen LogP contribution in [0.1, 0.15) is 41.2 Å². The maximum absolute atomic E-state index is 14.4. The molecule has 3 aromatic heterocycles. The van der Waals surface area contributed by atoms with Crippen LogP contribution in [-0.4, -0.2) is 57.9 Å². The molecule has 0 radical (unpaired) electrons. The van der Waals surface area contributed by atoms with Gasteiger partial charge in [0.25, 0.3) is 5.91 Å². The van der Waals surface area contributed by atoms with Gasteiger partial charge in [0.1, 0.15) is 29.1 Å². The molecular weight excluding hydrogens is 401 g/mol. The van der Waals surface area contributed by atoms with E-state index in [4.69, 9.17) is 15.6 Å². The molecule has 1 saturated carbocycles. The molecule has 0 unspecified atom stereocenters. The molecule has 1 saturated heterocycles. The molecular formula is C21H24FN7O2. The number of alkyl halides is 1. The number of nitrogens with zero attached hydrogens (tertiary/aromatic N) is 4. The van der Waals surface area contributed by atoms with Gasteiger partial charge in [-0.3, -0.25) is 4.79 Å². The average molecular weight is 425 g/mol. The lowest BCUT2D eigenvalue weighted by Crippen LogP contribution is -2.46. The van der Waals surface area contributed by atoms with E-state index >= 15 is 0 Å². The summed E-state index contributed by atoms with van der Waals surface area (Å²) in [5, 5.41) is 11.0. The van der Waals surface area contributed by atoms with Gasteiger partial charge in [0.15, 0.2) is 5.65 Å². The van der Waals surface area contributed by atoms with Gasteiger partial charge in [0.05, 0.1) is 30.6 Å². The van der Waals surface area contributed by atoms with Crippen molar-refractivity contribution in [1.82, 2.24) is 24.9 Å². The van der Waals surface area contributed by atoms with Crippen LogP contribution >= 0.6 is 0 Å². The van der Waals surface area contributed by atoms with Crippen LogP contribution in [-0.2, 0) is 0 Å². The fourth-order valence-electron chi connectivity index (χ4n) is 3.94. The van der Waals surface area contributed by atoms with Crippen molar-refractivity contribution in [3.63, 3.8) is 0 Å². The van der Waals surface area contributed by atoms with E-state index in [2.05, 4.69) is 20.6 Å². The SMILES string of the molecule is COc1cc2ncc(-c3ccc(C(N)=O)c(N[C@H]4CNCC[C@@H]4F)n3)n2nc1C1CC1. The van der Waals surface area contributed by atoms with E-state index in [9.17, 15) is 9.18 Å². The summed E-state index contributed by atoms with van der Waals surface area (Å²) in [5.74, 6) is 0.743. The van der Waals surface area contributed by atoms with E-state index < -0.39 is 18.1 Å². The number of anilines is 1. The van der Waals surface area contributed by atoms with Crippen molar-refractivity contribution in [2.24, 2.45) is 5.73 Å². The zero-order chi connectivity index (χ0) is 21.5. The molecule has 162 valence electrons. The summed E-state index contributed by atoms with van der Waals surface area (Å²) in [7, 11) is 1.63. The van der Waals surface area contributed by atoms with Gasteiger partial charge < -0.3 is 21.1 Å². The van der Waals surface area contributed by atoms with Crippen molar-refractivity contribution in [2.75, 3.05) is 25.5 Å². The second-order valence-electron chi connectivity index (χ2n) is 8.00. The van der Waals surface area contributed by atoms with Gasteiger partial charge >= 0.3 is 0 Å². The summed E-state index contributed by atoms with van der Waals surface area (Å²) < 4.78 is 21.6. The highest BCUT2D eigenvalue weighted by Crippen LogP contribution is 2.43. The minimum atomic E-state index is -1.04. The minimum Gasteiger partial charge on any atom is -0.495 e. The molecule has 31 heavy (non-hydrogen) atoms. The summed E-state index contributed by atoms with van der Waals surface area (Å²) in [6.07, 6.45) is 3.19. The van der Waals surface area contributed by atoms with Gasteiger partial charge in [-0.15, -0.1) is 0 Å². The first kappa shape index (κ1) is 19.7. The molecule has 0 spiro atoms. The molecule has 2 fully saturated rings. The quantitative estimate of drug-likeness (QED) is 0.552. The van der Waals surface area contributed by atoms with Crippen LogP contribution in [0.25, 0.3) is 17.0 Å². The number of hydrogen-bond donors (Lipinski definition) is 3. The summed E-state index contributed by atoms with van der Waals surface area (Å²) >= 11 is 0. The van der Waals surface area contributed by atoms with Gasteiger partial charge in [-0.2, -0.15) is 5.10 Å². The Kier molecular flexibility index (Phi) is 4.93. The minimum absolute atomic E-state index is 0.212. The van der Waals surface area contributed by atoms with Crippen LogP contribution in [0.15, 0.2) is 24.4 Å². The number of hydrogen-bond acceptors (Lipinski definition) is 7. The Balaban J connectivity index is 1.56. The summed E-state index contributed by atoms with van der Waals surface area (Å²) in [6.45, 7) is 1.06. The van der Waals surface area contributed by atoms with Crippen molar-refractivity contribution in [3.05, 3.63) is 35.7 Å². The number of nitrogens with two attached hydrogens (primary N) is 1. The lowest BCUT2D eigenvalue weighted by atomic mass is 10.0. The molecule has 0 bridgehead atoms. The molecule has 0 aromatic carbocycles. The Morgan fingerprint density at radius 3 is 2.90 bits per heavy atom. The fourth-order valence-corrected chi connectivity index (χ4v) is 3.94. The Labute approximate surface area is 178 Å². The monoisotopic (exact) mass is 425 g/mol. The highest BCUT2D eigenvalue weighted by Gasteiger charge is 2.30. The van der Waals surface area contributed by atoms with E-state index in [0.717, 1.165) is 24.3 Å². The number of aromatic nitrogens is 4. The Hall–Kier alpha value is -3.27.